The van der Waals surface area contributed by atoms with Crippen LogP contribution in [0.1, 0.15) is 52.6 Å². The molecule has 0 radical (unpaired) electrons. The van der Waals surface area contributed by atoms with Gasteiger partial charge in [0.25, 0.3) is 5.91 Å². The molecule has 31 heavy (non-hydrogen) atoms. The summed E-state index contributed by atoms with van der Waals surface area (Å²) in [6, 6.07) is 20.3. The molecule has 3 rings (SSSR count). The van der Waals surface area contributed by atoms with E-state index in [4.69, 9.17) is 4.74 Å². The Hall–Kier alpha value is -3.93. The minimum atomic E-state index is -0.516. The smallest absolute Gasteiger partial charge is 0.343 e. The molecule has 3 aromatic rings. The van der Waals surface area contributed by atoms with Crippen LogP contribution in [0.5, 0.6) is 11.5 Å². The van der Waals surface area contributed by atoms with Crippen LogP contribution in [0.2, 0.25) is 0 Å². The lowest BCUT2D eigenvalue weighted by Gasteiger charge is -2.18. The number of hydrogen-bond donors (Lipinski definition) is 2. The van der Waals surface area contributed by atoms with E-state index in [1.807, 2.05) is 12.1 Å². The SMILES string of the molecule is CC(C)(C)c1ccc(C(=O)Oc2ccc(C=NNC(=O)c3ccccc3O)cc2)cc1. The highest BCUT2D eigenvalue weighted by Gasteiger charge is 2.15. The first-order valence-electron chi connectivity index (χ1n) is 9.78. The third-order valence-corrected chi connectivity index (χ3v) is 4.61. The van der Waals surface area contributed by atoms with Crippen LogP contribution < -0.4 is 10.2 Å². The van der Waals surface area contributed by atoms with E-state index < -0.39 is 11.9 Å². The van der Waals surface area contributed by atoms with E-state index in [9.17, 15) is 14.7 Å². The maximum absolute atomic E-state index is 12.4. The summed E-state index contributed by atoms with van der Waals surface area (Å²) in [7, 11) is 0. The first-order chi connectivity index (χ1) is 14.7. The van der Waals surface area contributed by atoms with Crippen molar-refractivity contribution in [1.82, 2.24) is 5.43 Å². The van der Waals surface area contributed by atoms with Gasteiger partial charge in [-0.2, -0.15) is 5.10 Å². The van der Waals surface area contributed by atoms with Gasteiger partial charge in [0.05, 0.1) is 17.3 Å². The summed E-state index contributed by atoms with van der Waals surface area (Å²) in [5.74, 6) is -0.663. The molecule has 0 saturated carbocycles. The second kappa shape index (κ2) is 9.26. The summed E-state index contributed by atoms with van der Waals surface area (Å²) in [5, 5.41) is 13.6. The van der Waals surface area contributed by atoms with Gasteiger partial charge in [-0.25, -0.2) is 10.2 Å². The van der Waals surface area contributed by atoms with Gasteiger partial charge in [0.1, 0.15) is 11.5 Å². The molecule has 6 heteroatoms. The molecule has 0 aliphatic heterocycles. The number of hydrazone groups is 1. The first kappa shape index (κ1) is 21.8. The minimum Gasteiger partial charge on any atom is -0.507 e. The number of ether oxygens (including phenoxy) is 1. The fourth-order valence-electron chi connectivity index (χ4n) is 2.79. The Morgan fingerprint density at radius 2 is 1.58 bits per heavy atom. The second-order valence-corrected chi connectivity index (χ2v) is 8.00. The van der Waals surface area contributed by atoms with Gasteiger partial charge >= 0.3 is 5.97 Å². The first-order valence-corrected chi connectivity index (χ1v) is 9.78. The predicted octanol–water partition coefficient (Wildman–Crippen LogP) is 4.67. The van der Waals surface area contributed by atoms with Crippen LogP contribution in [0.3, 0.4) is 0 Å². The fourth-order valence-corrected chi connectivity index (χ4v) is 2.79. The van der Waals surface area contributed by atoms with Gasteiger partial charge in [-0.3, -0.25) is 4.79 Å². The van der Waals surface area contributed by atoms with E-state index in [0.29, 0.717) is 16.9 Å². The van der Waals surface area contributed by atoms with Crippen LogP contribution in [0.25, 0.3) is 0 Å². The van der Waals surface area contributed by atoms with Crippen LogP contribution in [0, 0.1) is 0 Å². The number of hydrogen-bond acceptors (Lipinski definition) is 5. The summed E-state index contributed by atoms with van der Waals surface area (Å²) in [4.78, 5) is 24.4. The Morgan fingerprint density at radius 1 is 0.935 bits per heavy atom. The third kappa shape index (κ3) is 5.79. The monoisotopic (exact) mass is 416 g/mol. The second-order valence-electron chi connectivity index (χ2n) is 8.00. The average Bonchev–Trinajstić information content (AvgIpc) is 2.74. The van der Waals surface area contributed by atoms with Gasteiger partial charge in [-0.1, -0.05) is 45.0 Å². The lowest BCUT2D eigenvalue weighted by atomic mass is 9.87. The number of carbonyl (C=O) groups is 2. The van der Waals surface area contributed by atoms with E-state index in [1.165, 1.54) is 18.3 Å². The Labute approximate surface area is 181 Å². The summed E-state index contributed by atoms with van der Waals surface area (Å²) in [6.07, 6.45) is 1.45. The molecule has 0 atom stereocenters. The number of esters is 1. The number of rotatable bonds is 5. The Kier molecular flexibility index (Phi) is 6.50. The number of phenolic OH excluding ortho intramolecular Hbond substituents is 1. The zero-order chi connectivity index (χ0) is 22.4. The molecule has 3 aromatic carbocycles. The van der Waals surface area contributed by atoms with Gasteiger partial charge in [-0.15, -0.1) is 0 Å². The van der Waals surface area contributed by atoms with E-state index in [0.717, 1.165) is 5.56 Å². The van der Waals surface area contributed by atoms with Crippen molar-refractivity contribution in [3.05, 3.63) is 95.1 Å². The maximum atomic E-state index is 12.4. The molecule has 0 aliphatic rings. The topological polar surface area (TPSA) is 88.0 Å². The summed E-state index contributed by atoms with van der Waals surface area (Å²) < 4.78 is 5.41. The Bertz CT molecular complexity index is 1100. The largest absolute Gasteiger partial charge is 0.507 e. The molecule has 0 saturated heterocycles. The standard InChI is InChI=1S/C25H24N2O4/c1-25(2,3)19-12-10-18(11-13-19)24(30)31-20-14-8-17(9-15-20)16-26-27-23(29)21-6-4-5-7-22(21)28/h4-16,28H,1-3H3,(H,27,29). The lowest BCUT2D eigenvalue weighted by Crippen LogP contribution is -2.17. The molecule has 0 spiro atoms. The predicted molar refractivity (Wildman–Crippen MR) is 120 cm³/mol. The Morgan fingerprint density at radius 3 is 2.19 bits per heavy atom. The summed E-state index contributed by atoms with van der Waals surface area (Å²) in [6.45, 7) is 6.34. The number of nitrogens with one attached hydrogen (secondary N) is 1. The van der Waals surface area contributed by atoms with Crippen molar-refractivity contribution in [2.75, 3.05) is 0 Å². The van der Waals surface area contributed by atoms with Gasteiger partial charge < -0.3 is 9.84 Å². The van der Waals surface area contributed by atoms with Crippen LogP contribution in [-0.2, 0) is 5.41 Å². The number of benzene rings is 3. The molecule has 158 valence electrons. The van der Waals surface area contributed by atoms with Crippen molar-refractivity contribution in [3.8, 4) is 11.5 Å². The van der Waals surface area contributed by atoms with Crippen LogP contribution in [-0.4, -0.2) is 23.2 Å². The molecule has 0 unspecified atom stereocenters. The highest BCUT2D eigenvalue weighted by atomic mass is 16.5. The van der Waals surface area contributed by atoms with Crippen molar-refractivity contribution in [3.63, 3.8) is 0 Å². The molecule has 0 aliphatic carbocycles. The molecular weight excluding hydrogens is 392 g/mol. The van der Waals surface area contributed by atoms with Gasteiger partial charge in [0.2, 0.25) is 0 Å². The van der Waals surface area contributed by atoms with Crippen LogP contribution >= 0.6 is 0 Å². The highest BCUT2D eigenvalue weighted by molar-refractivity contribution is 5.97. The van der Waals surface area contributed by atoms with Crippen molar-refractivity contribution < 1.29 is 19.4 Å². The Balaban J connectivity index is 1.57. The van der Waals surface area contributed by atoms with Crippen molar-refractivity contribution >= 4 is 18.1 Å². The number of amides is 1. The summed E-state index contributed by atoms with van der Waals surface area (Å²) >= 11 is 0. The van der Waals surface area contributed by atoms with Crippen LogP contribution in [0.4, 0.5) is 0 Å². The summed E-state index contributed by atoms with van der Waals surface area (Å²) in [5.41, 5.74) is 4.83. The number of phenols is 1. The quantitative estimate of drug-likeness (QED) is 0.274. The number of nitrogens with zero attached hydrogens (tertiary/aromatic N) is 1. The molecule has 0 bridgehead atoms. The number of para-hydroxylation sites is 1. The number of aromatic hydroxyl groups is 1. The number of carbonyl (C=O) groups excluding carboxylic acids is 2. The zero-order valence-electron chi connectivity index (χ0n) is 17.6. The van der Waals surface area contributed by atoms with Gasteiger partial charge in [0, 0.05) is 0 Å². The molecule has 1 amide bonds. The van der Waals surface area contributed by atoms with E-state index in [-0.39, 0.29) is 16.7 Å². The molecular formula is C25H24N2O4. The van der Waals surface area contributed by atoms with Crippen molar-refractivity contribution in [2.45, 2.75) is 26.2 Å². The molecule has 0 fully saturated rings. The average molecular weight is 416 g/mol. The van der Waals surface area contributed by atoms with Gasteiger partial charge in [0.15, 0.2) is 0 Å². The van der Waals surface area contributed by atoms with E-state index in [2.05, 4.69) is 31.3 Å². The molecule has 0 heterocycles. The fraction of sp³-hybridized carbons (Fsp3) is 0.160. The molecule has 2 N–H and O–H groups in total. The minimum absolute atomic E-state index is 0.0147. The molecule has 0 aromatic heterocycles. The highest BCUT2D eigenvalue weighted by Crippen LogP contribution is 2.23. The lowest BCUT2D eigenvalue weighted by molar-refractivity contribution is 0.0734. The van der Waals surface area contributed by atoms with E-state index >= 15 is 0 Å². The zero-order valence-corrected chi connectivity index (χ0v) is 17.6. The van der Waals surface area contributed by atoms with Crippen molar-refractivity contribution in [1.29, 1.82) is 0 Å². The van der Waals surface area contributed by atoms with Crippen molar-refractivity contribution in [2.24, 2.45) is 5.10 Å². The van der Waals surface area contributed by atoms with Crippen LogP contribution in [0.15, 0.2) is 77.9 Å². The van der Waals surface area contributed by atoms with Gasteiger partial charge in [-0.05, 0) is 65.1 Å². The van der Waals surface area contributed by atoms with E-state index in [1.54, 1.807) is 48.5 Å². The normalized spacial score (nSPS) is 11.3. The third-order valence-electron chi connectivity index (χ3n) is 4.61. The molecule has 6 nitrogen and oxygen atoms in total. The maximum Gasteiger partial charge on any atom is 0.343 e.